The summed E-state index contributed by atoms with van der Waals surface area (Å²) in [6, 6.07) is 20.5. The van der Waals surface area contributed by atoms with E-state index in [-0.39, 0.29) is 29.0 Å². The molecule has 1 aliphatic heterocycles. The predicted molar refractivity (Wildman–Crippen MR) is 172 cm³/mol. The minimum atomic E-state index is -3.59. The van der Waals surface area contributed by atoms with Gasteiger partial charge in [-0.25, -0.2) is 8.42 Å². The number of amides is 2. The number of rotatable bonds is 11. The highest BCUT2D eigenvalue weighted by atomic mass is 79.9. The number of anilines is 1. The predicted octanol–water partition coefficient (Wildman–Crippen LogP) is 4.87. The number of methoxy groups -OCH3 is 1. The summed E-state index contributed by atoms with van der Waals surface area (Å²) in [6.07, 6.45) is 2.73. The standard InChI is InChI=1S/C30H31BrN6O5S2/c1-42-25-13-9-23(10-14-25)33-28(38)20-43-30-35-34-27(37(30)24-11-7-22(31)8-12-24)19-32-29(39)21-5-15-26(16-6-21)44(40,41)36-17-3-2-4-18-36/h5-16H,2-4,17-20H2,1H3,(H,32,39)(H,33,38). The number of aromatic nitrogens is 3. The Morgan fingerprint density at radius 3 is 2.27 bits per heavy atom. The number of benzene rings is 3. The van der Waals surface area contributed by atoms with Crippen LogP contribution in [0.1, 0.15) is 35.4 Å². The van der Waals surface area contributed by atoms with E-state index in [1.807, 2.05) is 24.3 Å². The van der Waals surface area contributed by atoms with Crippen LogP contribution in [0.15, 0.2) is 87.3 Å². The number of carbonyl (C=O) groups excluding carboxylic acids is 2. The van der Waals surface area contributed by atoms with Gasteiger partial charge >= 0.3 is 0 Å². The minimum absolute atomic E-state index is 0.0499. The highest BCUT2D eigenvalue weighted by Crippen LogP contribution is 2.25. The first kappa shape index (κ1) is 31.7. The Bertz CT molecular complexity index is 1710. The van der Waals surface area contributed by atoms with Crippen LogP contribution in [-0.2, 0) is 21.4 Å². The van der Waals surface area contributed by atoms with Crippen molar-refractivity contribution >= 4 is 55.2 Å². The highest BCUT2D eigenvalue weighted by molar-refractivity contribution is 9.10. The number of halogens is 1. The molecule has 11 nitrogen and oxygen atoms in total. The van der Waals surface area contributed by atoms with Crippen LogP contribution < -0.4 is 15.4 Å². The largest absolute Gasteiger partial charge is 0.497 e. The van der Waals surface area contributed by atoms with E-state index in [2.05, 4.69) is 36.8 Å². The van der Waals surface area contributed by atoms with Crippen LogP contribution >= 0.6 is 27.7 Å². The van der Waals surface area contributed by atoms with Gasteiger partial charge in [-0.1, -0.05) is 34.1 Å². The van der Waals surface area contributed by atoms with Gasteiger partial charge in [0.15, 0.2) is 11.0 Å². The molecule has 5 rings (SSSR count). The van der Waals surface area contributed by atoms with Crippen LogP contribution in [0.25, 0.3) is 5.69 Å². The molecule has 1 aliphatic rings. The van der Waals surface area contributed by atoms with Crippen molar-refractivity contribution in [1.82, 2.24) is 24.4 Å². The molecule has 0 spiro atoms. The number of ether oxygens (including phenoxy) is 1. The van der Waals surface area contributed by atoms with Gasteiger partial charge in [-0.05, 0) is 85.6 Å². The maximum absolute atomic E-state index is 13.0. The first-order valence-electron chi connectivity index (χ1n) is 13.9. The third-order valence-corrected chi connectivity index (χ3v) is 10.3. The summed E-state index contributed by atoms with van der Waals surface area (Å²) in [5.41, 5.74) is 1.72. The molecule has 14 heteroatoms. The number of hydrogen-bond donors (Lipinski definition) is 2. The smallest absolute Gasteiger partial charge is 0.251 e. The van der Waals surface area contributed by atoms with Gasteiger partial charge in [-0.15, -0.1) is 10.2 Å². The zero-order chi connectivity index (χ0) is 31.1. The zero-order valence-electron chi connectivity index (χ0n) is 23.9. The summed E-state index contributed by atoms with van der Waals surface area (Å²) in [4.78, 5) is 25.8. The van der Waals surface area contributed by atoms with E-state index >= 15 is 0 Å². The minimum Gasteiger partial charge on any atom is -0.497 e. The Labute approximate surface area is 268 Å². The molecular weight excluding hydrogens is 668 g/mol. The topological polar surface area (TPSA) is 136 Å². The number of thioether (sulfide) groups is 1. The number of piperidine rings is 1. The molecule has 230 valence electrons. The fourth-order valence-corrected chi connectivity index (χ4v) is 7.21. The number of nitrogens with zero attached hydrogens (tertiary/aromatic N) is 4. The quantitative estimate of drug-likeness (QED) is 0.212. The van der Waals surface area contributed by atoms with Crippen molar-refractivity contribution in [2.75, 3.05) is 31.3 Å². The van der Waals surface area contributed by atoms with Gasteiger partial charge in [0.05, 0.1) is 24.3 Å². The van der Waals surface area contributed by atoms with Crippen LogP contribution in [0.4, 0.5) is 5.69 Å². The molecule has 0 radical (unpaired) electrons. The maximum Gasteiger partial charge on any atom is 0.251 e. The van der Waals surface area contributed by atoms with Gasteiger partial charge in [0.1, 0.15) is 5.75 Å². The van der Waals surface area contributed by atoms with E-state index in [0.717, 1.165) is 29.4 Å². The third kappa shape index (κ3) is 7.67. The van der Waals surface area contributed by atoms with E-state index < -0.39 is 10.0 Å². The van der Waals surface area contributed by atoms with Crippen molar-refractivity contribution in [3.8, 4) is 11.4 Å². The van der Waals surface area contributed by atoms with E-state index in [1.165, 1.54) is 40.3 Å². The van der Waals surface area contributed by atoms with Gasteiger partial charge in [-0.2, -0.15) is 4.31 Å². The summed E-state index contributed by atoms with van der Waals surface area (Å²) >= 11 is 4.66. The van der Waals surface area contributed by atoms with Crippen molar-refractivity contribution in [3.63, 3.8) is 0 Å². The molecule has 2 amide bonds. The van der Waals surface area contributed by atoms with E-state index in [0.29, 0.717) is 41.1 Å². The van der Waals surface area contributed by atoms with Gasteiger partial charge in [0.2, 0.25) is 15.9 Å². The fraction of sp³-hybridized carbons (Fsp3) is 0.267. The lowest BCUT2D eigenvalue weighted by atomic mass is 10.2. The summed E-state index contributed by atoms with van der Waals surface area (Å²) in [7, 11) is -2.01. The normalized spacial score (nSPS) is 13.8. The number of sulfonamides is 1. The fourth-order valence-electron chi connectivity index (χ4n) is 4.65. The summed E-state index contributed by atoms with van der Waals surface area (Å²) in [5.74, 6) is 0.636. The molecular formula is C30H31BrN6O5S2. The summed E-state index contributed by atoms with van der Waals surface area (Å²) in [5, 5.41) is 14.8. The van der Waals surface area contributed by atoms with Crippen LogP contribution in [-0.4, -0.2) is 65.3 Å². The summed E-state index contributed by atoms with van der Waals surface area (Å²) < 4.78 is 35.2. The second-order valence-electron chi connectivity index (χ2n) is 9.95. The van der Waals surface area contributed by atoms with Crippen molar-refractivity contribution in [3.05, 3.63) is 88.7 Å². The van der Waals surface area contributed by atoms with Gasteiger partial charge in [0.25, 0.3) is 5.91 Å². The molecule has 0 saturated carbocycles. The number of nitrogens with one attached hydrogen (secondary N) is 2. The van der Waals surface area contributed by atoms with Crippen molar-refractivity contribution in [1.29, 1.82) is 0 Å². The second kappa shape index (κ2) is 14.4. The number of hydrogen-bond acceptors (Lipinski definition) is 8. The Morgan fingerprint density at radius 1 is 0.932 bits per heavy atom. The SMILES string of the molecule is COc1ccc(NC(=O)CSc2nnc(CNC(=O)c3ccc(S(=O)(=O)N4CCCCC4)cc3)n2-c2ccc(Br)cc2)cc1. The van der Waals surface area contributed by atoms with Gasteiger partial charge in [0, 0.05) is 34.5 Å². The molecule has 4 aromatic rings. The molecule has 1 fully saturated rings. The molecule has 0 unspecified atom stereocenters. The van der Waals surface area contributed by atoms with Gasteiger partial charge in [-0.3, -0.25) is 14.2 Å². The first-order chi connectivity index (χ1) is 21.2. The molecule has 1 saturated heterocycles. The Hall–Kier alpha value is -3.72. The molecule has 0 bridgehead atoms. The van der Waals surface area contributed by atoms with Crippen LogP contribution in [0.3, 0.4) is 0 Å². The molecule has 0 aliphatic carbocycles. The molecule has 44 heavy (non-hydrogen) atoms. The average Bonchev–Trinajstić information content (AvgIpc) is 3.46. The van der Waals surface area contributed by atoms with Crippen LogP contribution in [0.5, 0.6) is 5.75 Å². The van der Waals surface area contributed by atoms with Crippen molar-refractivity contribution < 1.29 is 22.7 Å². The Kier molecular flexibility index (Phi) is 10.4. The monoisotopic (exact) mass is 698 g/mol. The molecule has 3 aromatic carbocycles. The highest BCUT2D eigenvalue weighted by Gasteiger charge is 2.26. The molecule has 1 aromatic heterocycles. The van der Waals surface area contributed by atoms with Crippen molar-refractivity contribution in [2.24, 2.45) is 0 Å². The van der Waals surface area contributed by atoms with E-state index in [4.69, 9.17) is 4.74 Å². The lowest BCUT2D eigenvalue weighted by molar-refractivity contribution is -0.113. The zero-order valence-corrected chi connectivity index (χ0v) is 27.1. The lowest BCUT2D eigenvalue weighted by Gasteiger charge is -2.25. The Balaban J connectivity index is 1.26. The lowest BCUT2D eigenvalue weighted by Crippen LogP contribution is -2.35. The second-order valence-corrected chi connectivity index (χ2v) is 13.7. The third-order valence-electron chi connectivity index (χ3n) is 6.97. The van der Waals surface area contributed by atoms with E-state index in [9.17, 15) is 18.0 Å². The molecule has 2 N–H and O–H groups in total. The average molecular weight is 700 g/mol. The van der Waals surface area contributed by atoms with Gasteiger partial charge < -0.3 is 15.4 Å². The Morgan fingerprint density at radius 2 is 1.61 bits per heavy atom. The van der Waals surface area contributed by atoms with Crippen LogP contribution in [0, 0.1) is 0 Å². The maximum atomic E-state index is 13.0. The van der Waals surface area contributed by atoms with Crippen LogP contribution in [0.2, 0.25) is 0 Å². The molecule has 0 atom stereocenters. The van der Waals surface area contributed by atoms with E-state index in [1.54, 1.807) is 35.9 Å². The first-order valence-corrected chi connectivity index (χ1v) is 17.1. The molecule has 2 heterocycles. The summed E-state index contributed by atoms with van der Waals surface area (Å²) in [6.45, 7) is 1.07. The van der Waals surface area contributed by atoms with Crippen molar-refractivity contribution in [2.45, 2.75) is 35.9 Å². The number of carbonyl (C=O) groups is 2.